The zero-order valence-corrected chi connectivity index (χ0v) is 14.3. The van der Waals surface area contributed by atoms with Gasteiger partial charge in [0.15, 0.2) is 0 Å². The molecule has 1 fully saturated rings. The van der Waals surface area contributed by atoms with Crippen LogP contribution in [0.25, 0.3) is 0 Å². The highest BCUT2D eigenvalue weighted by Gasteiger charge is 2.31. The highest BCUT2D eigenvalue weighted by atomic mass is 31.2. The topological polar surface area (TPSA) is 36.9 Å². The molecule has 1 heterocycles. The summed E-state index contributed by atoms with van der Waals surface area (Å²) in [7, 11) is -1.30. The van der Waals surface area contributed by atoms with Gasteiger partial charge in [0.25, 0.3) is 0 Å². The summed E-state index contributed by atoms with van der Waals surface area (Å²) < 4.78 is 22.7. The van der Waals surface area contributed by atoms with Crippen LogP contribution in [0.5, 0.6) is 11.5 Å². The lowest BCUT2D eigenvalue weighted by atomic mass is 9.97. The molecule has 4 nitrogen and oxygen atoms in total. The second-order valence-corrected chi connectivity index (χ2v) is 7.42. The summed E-state index contributed by atoms with van der Waals surface area (Å²) in [6.45, 7) is 6.07. The van der Waals surface area contributed by atoms with Gasteiger partial charge in [-0.25, -0.2) is 0 Å². The molecular formula is C18H21O4P. The summed E-state index contributed by atoms with van der Waals surface area (Å²) >= 11 is 0. The Balaban J connectivity index is 1.49. The van der Waals surface area contributed by atoms with E-state index in [9.17, 15) is 0 Å². The van der Waals surface area contributed by atoms with E-state index in [4.69, 9.17) is 18.3 Å². The lowest BCUT2D eigenvalue weighted by Crippen LogP contribution is -2.28. The van der Waals surface area contributed by atoms with Crippen LogP contribution in [0.4, 0.5) is 0 Å². The molecule has 0 atom stereocenters. The van der Waals surface area contributed by atoms with E-state index < -0.39 is 8.60 Å². The third-order valence-electron chi connectivity index (χ3n) is 3.37. The van der Waals surface area contributed by atoms with Crippen LogP contribution in [0.1, 0.15) is 19.4 Å². The van der Waals surface area contributed by atoms with Gasteiger partial charge in [-0.1, -0.05) is 44.2 Å². The highest BCUT2D eigenvalue weighted by Crippen LogP contribution is 2.47. The maximum atomic E-state index is 5.75. The van der Waals surface area contributed by atoms with Gasteiger partial charge in [-0.15, -0.1) is 0 Å². The quantitative estimate of drug-likeness (QED) is 0.726. The van der Waals surface area contributed by atoms with Gasteiger partial charge in [0.05, 0.1) is 13.2 Å². The van der Waals surface area contributed by atoms with Crippen LogP contribution in [0, 0.1) is 5.41 Å². The predicted molar refractivity (Wildman–Crippen MR) is 90.4 cm³/mol. The van der Waals surface area contributed by atoms with E-state index in [1.54, 1.807) is 0 Å². The highest BCUT2D eigenvalue weighted by molar-refractivity contribution is 7.42. The second-order valence-electron chi connectivity index (χ2n) is 6.27. The molecule has 2 aromatic rings. The standard InChI is InChI=1S/C18H21O4P/c1-18(2)13-20-23(21-14-18)22-17-10-8-16(9-11-17)19-12-15-6-4-3-5-7-15/h3-11H,12-14H2,1-2H3. The number of ether oxygens (including phenoxy) is 1. The largest absolute Gasteiger partial charge is 0.489 e. The first kappa shape index (κ1) is 16.3. The molecule has 0 spiro atoms. The minimum absolute atomic E-state index is 0.0529. The van der Waals surface area contributed by atoms with Gasteiger partial charge in [-0.3, -0.25) is 0 Å². The fourth-order valence-corrected chi connectivity index (χ4v) is 3.39. The van der Waals surface area contributed by atoms with Crippen molar-refractivity contribution in [3.8, 4) is 11.5 Å². The Morgan fingerprint density at radius 1 is 0.913 bits per heavy atom. The van der Waals surface area contributed by atoms with Crippen LogP contribution in [0.3, 0.4) is 0 Å². The second kappa shape index (κ2) is 7.31. The van der Waals surface area contributed by atoms with Crippen LogP contribution >= 0.6 is 8.60 Å². The van der Waals surface area contributed by atoms with Crippen LogP contribution in [-0.4, -0.2) is 13.2 Å². The van der Waals surface area contributed by atoms with Crippen molar-refractivity contribution in [3.63, 3.8) is 0 Å². The average molecular weight is 332 g/mol. The molecule has 0 N–H and O–H groups in total. The molecule has 1 aliphatic rings. The van der Waals surface area contributed by atoms with Gasteiger partial charge in [-0.2, -0.15) is 0 Å². The normalized spacial score (nSPS) is 17.7. The fraction of sp³-hybridized carbons (Fsp3) is 0.333. The van der Waals surface area contributed by atoms with E-state index in [1.165, 1.54) is 0 Å². The maximum Gasteiger partial charge on any atom is 0.397 e. The Labute approximate surface area is 138 Å². The van der Waals surface area contributed by atoms with E-state index in [0.29, 0.717) is 19.8 Å². The van der Waals surface area contributed by atoms with E-state index in [0.717, 1.165) is 17.1 Å². The van der Waals surface area contributed by atoms with E-state index in [1.807, 2.05) is 54.6 Å². The van der Waals surface area contributed by atoms with Gasteiger partial charge < -0.3 is 18.3 Å². The average Bonchev–Trinajstić information content (AvgIpc) is 2.57. The molecule has 5 heteroatoms. The van der Waals surface area contributed by atoms with Gasteiger partial charge in [0, 0.05) is 5.41 Å². The first-order valence-electron chi connectivity index (χ1n) is 7.61. The molecular weight excluding hydrogens is 311 g/mol. The molecule has 0 saturated carbocycles. The number of benzene rings is 2. The predicted octanol–water partition coefficient (Wildman–Crippen LogP) is 4.94. The minimum Gasteiger partial charge on any atom is -0.489 e. The molecule has 0 bridgehead atoms. The first-order valence-corrected chi connectivity index (χ1v) is 8.71. The van der Waals surface area contributed by atoms with Crippen molar-refractivity contribution in [2.45, 2.75) is 20.5 Å². The molecule has 0 aromatic heterocycles. The molecule has 1 saturated heterocycles. The Bertz CT molecular complexity index is 603. The molecule has 1 aliphatic heterocycles. The van der Waals surface area contributed by atoms with Crippen molar-refractivity contribution in [2.24, 2.45) is 5.41 Å². The molecule has 3 rings (SSSR count). The lowest BCUT2D eigenvalue weighted by molar-refractivity contribution is 0.0426. The number of rotatable bonds is 5. The summed E-state index contributed by atoms with van der Waals surface area (Å²) in [4.78, 5) is 0. The summed E-state index contributed by atoms with van der Waals surface area (Å²) in [5.41, 5.74) is 1.19. The summed E-state index contributed by atoms with van der Waals surface area (Å²) in [5.74, 6) is 1.53. The number of hydrogen-bond acceptors (Lipinski definition) is 4. The van der Waals surface area contributed by atoms with Crippen molar-refractivity contribution < 1.29 is 18.3 Å². The van der Waals surface area contributed by atoms with E-state index >= 15 is 0 Å². The number of hydrogen-bond donors (Lipinski definition) is 0. The van der Waals surface area contributed by atoms with Crippen LogP contribution < -0.4 is 9.26 Å². The van der Waals surface area contributed by atoms with Crippen molar-refractivity contribution in [1.82, 2.24) is 0 Å². The van der Waals surface area contributed by atoms with E-state index in [2.05, 4.69) is 13.8 Å². The monoisotopic (exact) mass is 332 g/mol. The van der Waals surface area contributed by atoms with Crippen LogP contribution in [-0.2, 0) is 15.7 Å². The van der Waals surface area contributed by atoms with Gasteiger partial charge in [-0.05, 0) is 29.8 Å². The fourth-order valence-electron chi connectivity index (χ4n) is 2.01. The van der Waals surface area contributed by atoms with Crippen LogP contribution in [0.2, 0.25) is 0 Å². The third-order valence-corrected chi connectivity index (χ3v) is 4.41. The smallest absolute Gasteiger partial charge is 0.397 e. The maximum absolute atomic E-state index is 5.75. The molecule has 23 heavy (non-hydrogen) atoms. The Morgan fingerprint density at radius 2 is 1.52 bits per heavy atom. The summed E-state index contributed by atoms with van der Waals surface area (Å²) in [6, 6.07) is 17.6. The minimum atomic E-state index is -1.30. The Morgan fingerprint density at radius 3 is 2.17 bits per heavy atom. The molecule has 0 radical (unpaired) electrons. The van der Waals surface area contributed by atoms with E-state index in [-0.39, 0.29) is 5.41 Å². The van der Waals surface area contributed by atoms with Crippen molar-refractivity contribution in [1.29, 1.82) is 0 Å². The van der Waals surface area contributed by atoms with Gasteiger partial charge >= 0.3 is 8.60 Å². The molecule has 2 aromatic carbocycles. The van der Waals surface area contributed by atoms with Crippen molar-refractivity contribution >= 4 is 8.60 Å². The summed E-state index contributed by atoms with van der Waals surface area (Å²) in [6.07, 6.45) is 0. The van der Waals surface area contributed by atoms with Gasteiger partial charge in [0.1, 0.15) is 18.1 Å². The molecule has 0 aliphatic carbocycles. The zero-order valence-electron chi connectivity index (χ0n) is 13.4. The molecule has 122 valence electrons. The Kier molecular flexibility index (Phi) is 5.16. The third kappa shape index (κ3) is 4.93. The molecule has 0 amide bonds. The Hall–Kier alpha value is -1.61. The van der Waals surface area contributed by atoms with Gasteiger partial charge in [0.2, 0.25) is 0 Å². The van der Waals surface area contributed by atoms with Crippen molar-refractivity contribution in [2.75, 3.05) is 13.2 Å². The van der Waals surface area contributed by atoms with Crippen molar-refractivity contribution in [3.05, 3.63) is 60.2 Å². The SMILES string of the molecule is CC1(C)COP(Oc2ccc(OCc3ccccc3)cc2)OC1. The lowest BCUT2D eigenvalue weighted by Gasteiger charge is -2.32. The van der Waals surface area contributed by atoms with Crippen LogP contribution in [0.15, 0.2) is 54.6 Å². The summed E-state index contributed by atoms with van der Waals surface area (Å²) in [5, 5.41) is 0. The zero-order chi connectivity index (χ0) is 16.1. The first-order chi connectivity index (χ1) is 11.1. The molecule has 0 unspecified atom stereocenters.